The molecule has 4 rings (SSSR count). The first kappa shape index (κ1) is 23.8. The zero-order valence-corrected chi connectivity index (χ0v) is 19.4. The van der Waals surface area contributed by atoms with Crippen molar-refractivity contribution in [2.24, 2.45) is 0 Å². The second-order valence-electron chi connectivity index (χ2n) is 7.67. The van der Waals surface area contributed by atoms with E-state index in [4.69, 9.17) is 11.6 Å². The molecule has 0 aromatic heterocycles. The van der Waals surface area contributed by atoms with Crippen molar-refractivity contribution < 1.29 is 9.59 Å². The summed E-state index contributed by atoms with van der Waals surface area (Å²) in [5.74, 6) is -0.553. The number of rotatable bonds is 5. The van der Waals surface area contributed by atoms with Crippen molar-refractivity contribution in [3.63, 3.8) is 0 Å². The Morgan fingerprint density at radius 2 is 1.62 bits per heavy atom. The second-order valence-corrected chi connectivity index (χ2v) is 8.11. The van der Waals surface area contributed by atoms with E-state index in [2.05, 4.69) is 22.5 Å². The zero-order valence-electron chi connectivity index (χ0n) is 18.7. The average Bonchev–Trinajstić information content (AvgIpc) is 3.34. The number of carbonyl (C=O) groups excluding carboxylic acids is 2. The normalized spacial score (nSPS) is 13.3. The average molecular weight is 452 g/mol. The van der Waals surface area contributed by atoms with Crippen molar-refractivity contribution in [2.75, 3.05) is 31.5 Å². The monoisotopic (exact) mass is 451 g/mol. The second kappa shape index (κ2) is 11.7. The third kappa shape index (κ3) is 6.09. The standard InChI is InChI=1S/C20H17ClN2O2.C6H13N/c1-2-22-19(24)17-12-14(21)10-11-18(17)23-20(25)16-9-5-7-13-6-3-4-8-15(13)16;1-2-7-5-3-4-6-7/h3-12H,2H2,1H3,(H,22,24)(H,23,25);2-6H2,1H3. The number of likely N-dealkylation sites (tertiary alicyclic amines) is 1. The zero-order chi connectivity index (χ0) is 22.9. The molecule has 168 valence electrons. The Morgan fingerprint density at radius 1 is 0.906 bits per heavy atom. The minimum absolute atomic E-state index is 0.273. The third-order valence-electron chi connectivity index (χ3n) is 5.49. The van der Waals surface area contributed by atoms with Crippen LogP contribution < -0.4 is 10.6 Å². The molecule has 1 saturated heterocycles. The van der Waals surface area contributed by atoms with Crippen LogP contribution in [0.2, 0.25) is 5.02 Å². The van der Waals surface area contributed by atoms with Gasteiger partial charge >= 0.3 is 0 Å². The number of hydrogen-bond acceptors (Lipinski definition) is 3. The van der Waals surface area contributed by atoms with E-state index in [9.17, 15) is 9.59 Å². The summed E-state index contributed by atoms with van der Waals surface area (Å²) in [5.41, 5.74) is 1.31. The lowest BCUT2D eigenvalue weighted by Gasteiger charge is -2.12. The first-order valence-electron chi connectivity index (χ1n) is 11.1. The Labute approximate surface area is 194 Å². The Bertz CT molecular complexity index is 1070. The Kier molecular flexibility index (Phi) is 8.65. The van der Waals surface area contributed by atoms with Crippen LogP contribution in [0.4, 0.5) is 5.69 Å². The molecular formula is C26H30ClN3O2. The maximum atomic E-state index is 12.8. The minimum atomic E-state index is -0.279. The summed E-state index contributed by atoms with van der Waals surface area (Å²) in [6, 6.07) is 18.0. The summed E-state index contributed by atoms with van der Waals surface area (Å²) in [6.07, 6.45) is 2.85. The molecule has 0 aliphatic carbocycles. The molecule has 2 amide bonds. The first-order chi connectivity index (χ1) is 15.5. The molecule has 0 radical (unpaired) electrons. The van der Waals surface area contributed by atoms with Gasteiger partial charge in [0.05, 0.1) is 11.3 Å². The highest BCUT2D eigenvalue weighted by Gasteiger charge is 2.16. The third-order valence-corrected chi connectivity index (χ3v) is 5.73. The van der Waals surface area contributed by atoms with E-state index in [1.54, 1.807) is 24.3 Å². The SMILES string of the molecule is CCN1CCCC1.CCNC(=O)c1cc(Cl)ccc1NC(=O)c1cccc2ccccc12. The lowest BCUT2D eigenvalue weighted by molar-refractivity contribution is 0.0956. The van der Waals surface area contributed by atoms with Crippen molar-refractivity contribution >= 4 is 39.9 Å². The summed E-state index contributed by atoms with van der Waals surface area (Å²) in [5, 5.41) is 7.82. The molecule has 1 aliphatic heterocycles. The number of amides is 2. The number of carbonyl (C=O) groups is 2. The Hall–Kier alpha value is -2.89. The molecule has 2 N–H and O–H groups in total. The molecule has 6 heteroatoms. The largest absolute Gasteiger partial charge is 0.352 e. The van der Waals surface area contributed by atoms with Crippen LogP contribution in [0.1, 0.15) is 47.4 Å². The van der Waals surface area contributed by atoms with Crippen molar-refractivity contribution in [3.8, 4) is 0 Å². The fourth-order valence-corrected chi connectivity index (χ4v) is 3.95. The Balaban J connectivity index is 0.000000352. The number of anilines is 1. The number of benzene rings is 3. The maximum Gasteiger partial charge on any atom is 0.256 e. The van der Waals surface area contributed by atoms with Crippen LogP contribution in [0.3, 0.4) is 0 Å². The van der Waals surface area contributed by atoms with E-state index in [1.807, 2.05) is 43.3 Å². The van der Waals surface area contributed by atoms with Crippen LogP contribution in [0, 0.1) is 0 Å². The molecule has 32 heavy (non-hydrogen) atoms. The molecule has 5 nitrogen and oxygen atoms in total. The molecule has 0 bridgehead atoms. The van der Waals surface area contributed by atoms with Gasteiger partial charge in [-0.15, -0.1) is 0 Å². The summed E-state index contributed by atoms with van der Waals surface area (Å²) in [7, 11) is 0. The molecule has 0 atom stereocenters. The smallest absolute Gasteiger partial charge is 0.256 e. The van der Waals surface area contributed by atoms with E-state index in [-0.39, 0.29) is 11.8 Å². The van der Waals surface area contributed by atoms with Gasteiger partial charge in [0.15, 0.2) is 0 Å². The Morgan fingerprint density at radius 3 is 2.31 bits per heavy atom. The molecule has 0 spiro atoms. The van der Waals surface area contributed by atoms with Crippen molar-refractivity contribution in [1.82, 2.24) is 10.2 Å². The van der Waals surface area contributed by atoms with Gasteiger partial charge in [0.1, 0.15) is 0 Å². The lowest BCUT2D eigenvalue weighted by atomic mass is 10.0. The summed E-state index contributed by atoms with van der Waals surface area (Å²) < 4.78 is 0. The molecule has 0 saturated carbocycles. The lowest BCUT2D eigenvalue weighted by Crippen LogP contribution is -2.25. The number of halogens is 1. The summed E-state index contributed by atoms with van der Waals surface area (Å²) >= 11 is 6.00. The highest BCUT2D eigenvalue weighted by Crippen LogP contribution is 2.24. The predicted molar refractivity (Wildman–Crippen MR) is 133 cm³/mol. The van der Waals surface area contributed by atoms with Gasteiger partial charge in [-0.2, -0.15) is 0 Å². The van der Waals surface area contributed by atoms with E-state index < -0.39 is 0 Å². The van der Waals surface area contributed by atoms with Gasteiger partial charge in [0.25, 0.3) is 11.8 Å². The van der Waals surface area contributed by atoms with Crippen LogP contribution in [0.5, 0.6) is 0 Å². The first-order valence-corrected chi connectivity index (χ1v) is 11.5. The highest BCUT2D eigenvalue weighted by molar-refractivity contribution is 6.31. The van der Waals surface area contributed by atoms with Crippen molar-refractivity contribution in [3.05, 3.63) is 76.8 Å². The minimum Gasteiger partial charge on any atom is -0.352 e. The summed E-state index contributed by atoms with van der Waals surface area (Å²) in [4.78, 5) is 27.5. The predicted octanol–water partition coefficient (Wildman–Crippen LogP) is 5.60. The van der Waals surface area contributed by atoms with Crippen LogP contribution >= 0.6 is 11.6 Å². The van der Waals surface area contributed by atoms with Crippen molar-refractivity contribution in [2.45, 2.75) is 26.7 Å². The van der Waals surface area contributed by atoms with Gasteiger partial charge in [-0.05, 0) is 74.4 Å². The van der Waals surface area contributed by atoms with Crippen LogP contribution in [-0.4, -0.2) is 42.9 Å². The number of nitrogens with zero attached hydrogens (tertiary/aromatic N) is 1. The molecule has 1 aliphatic rings. The van der Waals surface area contributed by atoms with Gasteiger partial charge < -0.3 is 15.5 Å². The fraction of sp³-hybridized carbons (Fsp3) is 0.308. The van der Waals surface area contributed by atoms with E-state index >= 15 is 0 Å². The van der Waals surface area contributed by atoms with Gasteiger partial charge in [-0.25, -0.2) is 0 Å². The molecule has 1 fully saturated rings. The van der Waals surface area contributed by atoms with Gasteiger partial charge in [-0.1, -0.05) is 54.9 Å². The molecule has 3 aromatic rings. The van der Waals surface area contributed by atoms with Crippen LogP contribution in [0.25, 0.3) is 10.8 Å². The van der Waals surface area contributed by atoms with E-state index in [1.165, 1.54) is 32.5 Å². The number of nitrogens with one attached hydrogen (secondary N) is 2. The van der Waals surface area contributed by atoms with Crippen molar-refractivity contribution in [1.29, 1.82) is 0 Å². The number of hydrogen-bond donors (Lipinski definition) is 2. The molecule has 3 aromatic carbocycles. The molecule has 0 unspecified atom stereocenters. The van der Waals surface area contributed by atoms with Crippen LogP contribution in [0.15, 0.2) is 60.7 Å². The van der Waals surface area contributed by atoms with Gasteiger partial charge in [0.2, 0.25) is 0 Å². The summed E-state index contributed by atoms with van der Waals surface area (Å²) in [6.45, 7) is 8.48. The van der Waals surface area contributed by atoms with Gasteiger partial charge in [0, 0.05) is 17.1 Å². The van der Waals surface area contributed by atoms with E-state index in [0.29, 0.717) is 28.4 Å². The van der Waals surface area contributed by atoms with Crippen LogP contribution in [-0.2, 0) is 0 Å². The van der Waals surface area contributed by atoms with Gasteiger partial charge in [-0.3, -0.25) is 9.59 Å². The van der Waals surface area contributed by atoms with E-state index in [0.717, 1.165) is 10.8 Å². The highest BCUT2D eigenvalue weighted by atomic mass is 35.5. The molecular weight excluding hydrogens is 422 g/mol. The molecule has 1 heterocycles. The fourth-order valence-electron chi connectivity index (χ4n) is 3.78. The topological polar surface area (TPSA) is 61.4 Å². The maximum absolute atomic E-state index is 12.8. The number of fused-ring (bicyclic) bond motifs is 1. The quantitative estimate of drug-likeness (QED) is 0.531.